The summed E-state index contributed by atoms with van der Waals surface area (Å²) in [4.78, 5) is 6.66. The van der Waals surface area contributed by atoms with Crippen molar-refractivity contribution in [2.24, 2.45) is 0 Å². The molecule has 0 saturated carbocycles. The van der Waals surface area contributed by atoms with Crippen LogP contribution in [0.25, 0.3) is 0 Å². The van der Waals surface area contributed by atoms with Crippen LogP contribution in [0.15, 0.2) is 42.9 Å². The van der Waals surface area contributed by atoms with Gasteiger partial charge in [-0.2, -0.15) is 0 Å². The first kappa shape index (κ1) is 15.3. The largest absolute Gasteiger partial charge is 0.377 e. The van der Waals surface area contributed by atoms with Crippen molar-refractivity contribution in [1.29, 1.82) is 0 Å². The summed E-state index contributed by atoms with van der Waals surface area (Å²) in [5.74, 6) is 0. The lowest BCUT2D eigenvalue weighted by Gasteiger charge is -2.27. The minimum absolute atomic E-state index is 0.393. The van der Waals surface area contributed by atoms with Crippen LogP contribution in [0.2, 0.25) is 0 Å². The van der Waals surface area contributed by atoms with E-state index in [4.69, 9.17) is 4.74 Å². The van der Waals surface area contributed by atoms with Gasteiger partial charge in [-0.15, -0.1) is 0 Å². The summed E-state index contributed by atoms with van der Waals surface area (Å²) < 4.78 is 8.06. The Balaban J connectivity index is 1.57. The van der Waals surface area contributed by atoms with E-state index >= 15 is 0 Å². The number of hydrogen-bond donors (Lipinski definition) is 0. The zero-order valence-corrected chi connectivity index (χ0v) is 13.3. The SMILES string of the molecule is CN(Cc1cncn1Cc1ccccc1)C[C@H]1CCCCO1. The maximum atomic E-state index is 5.83. The highest BCUT2D eigenvalue weighted by molar-refractivity contribution is 5.16. The molecule has 2 aromatic rings. The lowest BCUT2D eigenvalue weighted by Crippen LogP contribution is -2.33. The van der Waals surface area contributed by atoms with Gasteiger partial charge in [0.15, 0.2) is 0 Å². The van der Waals surface area contributed by atoms with Gasteiger partial charge in [-0.05, 0) is 31.9 Å². The zero-order valence-electron chi connectivity index (χ0n) is 13.3. The average Bonchev–Trinajstić information content (AvgIpc) is 2.96. The number of imidazole rings is 1. The number of aromatic nitrogens is 2. The van der Waals surface area contributed by atoms with Crippen LogP contribution in [0, 0.1) is 0 Å². The third-order valence-electron chi connectivity index (χ3n) is 4.22. The molecule has 22 heavy (non-hydrogen) atoms. The van der Waals surface area contributed by atoms with Crippen molar-refractivity contribution >= 4 is 0 Å². The molecule has 1 aliphatic heterocycles. The van der Waals surface area contributed by atoms with Crippen LogP contribution in [-0.4, -0.2) is 40.8 Å². The van der Waals surface area contributed by atoms with Gasteiger partial charge in [0.2, 0.25) is 0 Å². The van der Waals surface area contributed by atoms with Crippen molar-refractivity contribution in [2.45, 2.75) is 38.5 Å². The number of rotatable bonds is 6. The van der Waals surface area contributed by atoms with E-state index in [1.807, 2.05) is 12.5 Å². The lowest BCUT2D eigenvalue weighted by atomic mass is 10.1. The minimum atomic E-state index is 0.393. The molecule has 0 radical (unpaired) electrons. The molecule has 1 aromatic carbocycles. The fourth-order valence-corrected chi connectivity index (χ4v) is 3.04. The molecule has 0 spiro atoms. The summed E-state index contributed by atoms with van der Waals surface area (Å²) in [6.07, 6.45) is 7.99. The predicted molar refractivity (Wildman–Crippen MR) is 87.7 cm³/mol. The van der Waals surface area contributed by atoms with Gasteiger partial charge in [0.1, 0.15) is 0 Å². The number of nitrogens with zero attached hydrogens (tertiary/aromatic N) is 3. The van der Waals surface area contributed by atoms with E-state index in [0.29, 0.717) is 6.10 Å². The quantitative estimate of drug-likeness (QED) is 0.821. The molecule has 0 bridgehead atoms. The first-order valence-corrected chi connectivity index (χ1v) is 8.14. The second-order valence-corrected chi connectivity index (χ2v) is 6.18. The molecule has 3 rings (SSSR count). The van der Waals surface area contributed by atoms with Crippen LogP contribution < -0.4 is 0 Å². The molecule has 4 heteroatoms. The van der Waals surface area contributed by atoms with Crippen molar-refractivity contribution in [3.8, 4) is 0 Å². The molecular weight excluding hydrogens is 274 g/mol. The zero-order chi connectivity index (χ0) is 15.2. The topological polar surface area (TPSA) is 30.3 Å². The van der Waals surface area contributed by atoms with Crippen molar-refractivity contribution in [3.63, 3.8) is 0 Å². The highest BCUT2D eigenvalue weighted by Crippen LogP contribution is 2.15. The number of benzene rings is 1. The van der Waals surface area contributed by atoms with Gasteiger partial charge in [0.05, 0.1) is 18.1 Å². The van der Waals surface area contributed by atoms with Gasteiger partial charge >= 0.3 is 0 Å². The molecule has 1 aromatic heterocycles. The molecule has 2 heterocycles. The molecular formula is C18H25N3O. The van der Waals surface area contributed by atoms with Gasteiger partial charge < -0.3 is 9.30 Å². The Labute approximate surface area is 132 Å². The summed E-state index contributed by atoms with van der Waals surface area (Å²) in [7, 11) is 2.16. The molecule has 4 nitrogen and oxygen atoms in total. The Bertz CT molecular complexity index is 561. The van der Waals surface area contributed by atoms with E-state index in [0.717, 1.165) is 26.2 Å². The van der Waals surface area contributed by atoms with Gasteiger partial charge in [0, 0.05) is 32.4 Å². The normalized spacial score (nSPS) is 18.7. The number of ether oxygens (including phenoxy) is 1. The Kier molecular flexibility index (Phi) is 5.24. The maximum absolute atomic E-state index is 5.83. The van der Waals surface area contributed by atoms with Crippen molar-refractivity contribution in [3.05, 3.63) is 54.1 Å². The van der Waals surface area contributed by atoms with E-state index in [1.54, 1.807) is 0 Å². The van der Waals surface area contributed by atoms with Crippen LogP contribution in [0.4, 0.5) is 0 Å². The Morgan fingerprint density at radius 3 is 2.91 bits per heavy atom. The first-order valence-electron chi connectivity index (χ1n) is 8.14. The molecule has 1 saturated heterocycles. The monoisotopic (exact) mass is 299 g/mol. The van der Waals surface area contributed by atoms with Gasteiger partial charge in [0.25, 0.3) is 0 Å². The van der Waals surface area contributed by atoms with Crippen LogP contribution in [0.3, 0.4) is 0 Å². The fourth-order valence-electron chi connectivity index (χ4n) is 3.04. The number of hydrogen-bond acceptors (Lipinski definition) is 3. The first-order chi connectivity index (χ1) is 10.8. The van der Waals surface area contributed by atoms with Crippen molar-refractivity contribution < 1.29 is 4.74 Å². The second-order valence-electron chi connectivity index (χ2n) is 6.18. The highest BCUT2D eigenvalue weighted by Gasteiger charge is 2.16. The van der Waals surface area contributed by atoms with E-state index < -0.39 is 0 Å². The summed E-state index contributed by atoms with van der Waals surface area (Å²) in [6.45, 7) is 3.71. The standard InChI is InChI=1S/C18H25N3O/c1-20(14-18-9-5-6-10-22-18)13-17-11-19-15-21(17)12-16-7-3-2-4-8-16/h2-4,7-8,11,15,18H,5-6,9-10,12-14H2,1H3/t18-/m1/s1. The van der Waals surface area contributed by atoms with Gasteiger partial charge in [-0.25, -0.2) is 4.98 Å². The summed E-state index contributed by atoms with van der Waals surface area (Å²) in [6, 6.07) is 10.5. The molecule has 1 atom stereocenters. The van der Waals surface area contributed by atoms with Crippen LogP contribution in [-0.2, 0) is 17.8 Å². The predicted octanol–water partition coefficient (Wildman–Crippen LogP) is 2.93. The maximum Gasteiger partial charge on any atom is 0.0951 e. The Hall–Kier alpha value is -1.65. The molecule has 0 unspecified atom stereocenters. The number of likely N-dealkylation sites (N-methyl/N-ethyl adjacent to an activating group) is 1. The summed E-state index contributed by atoms with van der Waals surface area (Å²) in [5, 5.41) is 0. The van der Waals surface area contributed by atoms with Crippen molar-refractivity contribution in [2.75, 3.05) is 20.2 Å². The molecule has 0 amide bonds. The van der Waals surface area contributed by atoms with Crippen LogP contribution >= 0.6 is 0 Å². The molecule has 1 fully saturated rings. The highest BCUT2D eigenvalue weighted by atomic mass is 16.5. The molecule has 118 valence electrons. The van der Waals surface area contributed by atoms with E-state index in [2.05, 4.69) is 51.8 Å². The third kappa shape index (κ3) is 4.18. The Morgan fingerprint density at radius 1 is 1.27 bits per heavy atom. The van der Waals surface area contributed by atoms with E-state index in [9.17, 15) is 0 Å². The van der Waals surface area contributed by atoms with Gasteiger partial charge in [-0.3, -0.25) is 4.90 Å². The lowest BCUT2D eigenvalue weighted by molar-refractivity contribution is -0.00286. The van der Waals surface area contributed by atoms with E-state index in [1.165, 1.54) is 30.5 Å². The third-order valence-corrected chi connectivity index (χ3v) is 4.22. The second kappa shape index (κ2) is 7.56. The van der Waals surface area contributed by atoms with E-state index in [-0.39, 0.29) is 0 Å². The molecule has 0 aliphatic carbocycles. The summed E-state index contributed by atoms with van der Waals surface area (Å²) >= 11 is 0. The van der Waals surface area contributed by atoms with Crippen LogP contribution in [0.1, 0.15) is 30.5 Å². The summed E-state index contributed by atoms with van der Waals surface area (Å²) in [5.41, 5.74) is 2.56. The fraction of sp³-hybridized carbons (Fsp3) is 0.500. The van der Waals surface area contributed by atoms with Gasteiger partial charge in [-0.1, -0.05) is 30.3 Å². The van der Waals surface area contributed by atoms with Crippen molar-refractivity contribution in [1.82, 2.24) is 14.5 Å². The molecule has 0 N–H and O–H groups in total. The smallest absolute Gasteiger partial charge is 0.0951 e. The Morgan fingerprint density at radius 2 is 2.14 bits per heavy atom. The minimum Gasteiger partial charge on any atom is -0.377 e. The van der Waals surface area contributed by atoms with Crippen LogP contribution in [0.5, 0.6) is 0 Å². The molecule has 1 aliphatic rings. The average molecular weight is 299 g/mol.